The lowest BCUT2D eigenvalue weighted by atomic mass is 10.1. The van der Waals surface area contributed by atoms with Crippen LogP contribution in [-0.2, 0) is 21.4 Å². The summed E-state index contributed by atoms with van der Waals surface area (Å²) >= 11 is 0. The highest BCUT2D eigenvalue weighted by molar-refractivity contribution is 7.90. The van der Waals surface area contributed by atoms with Crippen molar-refractivity contribution in [2.45, 2.75) is 18.6 Å². The summed E-state index contributed by atoms with van der Waals surface area (Å²) in [5.41, 5.74) is -0.859. The van der Waals surface area contributed by atoms with E-state index in [0.29, 0.717) is 13.0 Å². The molecule has 0 saturated carbocycles. The fraction of sp³-hybridized carbons (Fsp3) is 0.200. The van der Waals surface area contributed by atoms with Crippen LogP contribution in [0.2, 0.25) is 0 Å². The number of hydrogen-bond acceptors (Lipinski definition) is 5. The normalized spacial score (nSPS) is 13.6. The van der Waals surface area contributed by atoms with Gasteiger partial charge >= 0.3 is 0 Å². The van der Waals surface area contributed by atoms with Crippen LogP contribution in [0.5, 0.6) is 0 Å². The van der Waals surface area contributed by atoms with E-state index in [-0.39, 0.29) is 28.5 Å². The predicted molar refractivity (Wildman–Crippen MR) is 107 cm³/mol. The van der Waals surface area contributed by atoms with E-state index < -0.39 is 44.4 Å². The molecule has 0 amide bonds. The number of hydrogen-bond donors (Lipinski definition) is 2. The Morgan fingerprint density at radius 2 is 1.81 bits per heavy atom. The third-order valence-corrected chi connectivity index (χ3v) is 5.01. The quantitative estimate of drug-likeness (QED) is 0.474. The van der Waals surface area contributed by atoms with Gasteiger partial charge in [0.05, 0.1) is 11.9 Å². The maximum atomic E-state index is 14.2. The first-order valence-corrected chi connectivity index (χ1v) is 10.9. The largest absolute Gasteiger partial charge is 0.324 e. The lowest BCUT2D eigenvalue weighted by Crippen LogP contribution is -2.10. The van der Waals surface area contributed by atoms with Crippen molar-refractivity contribution >= 4 is 21.4 Å². The Balaban J connectivity index is 2.03. The van der Waals surface area contributed by atoms with Gasteiger partial charge in [-0.15, -0.1) is 0 Å². The molecule has 2 aromatic carbocycles. The van der Waals surface area contributed by atoms with Crippen molar-refractivity contribution in [2.24, 2.45) is 0 Å². The summed E-state index contributed by atoms with van der Waals surface area (Å²) in [4.78, 5) is 7.61. The first-order valence-electron chi connectivity index (χ1n) is 8.80. The Hall–Kier alpha value is -3.08. The van der Waals surface area contributed by atoms with Crippen LogP contribution in [0.1, 0.15) is 18.1 Å². The van der Waals surface area contributed by atoms with Crippen LogP contribution in [0, 0.1) is 22.2 Å². The molecule has 164 valence electrons. The molecule has 3 aromatic rings. The zero-order valence-electron chi connectivity index (χ0n) is 16.3. The van der Waals surface area contributed by atoms with E-state index >= 15 is 0 Å². The number of nitrogens with zero attached hydrogens (tertiary/aromatic N) is 2. The summed E-state index contributed by atoms with van der Waals surface area (Å²) in [6.07, 6.45) is 1.94. The second-order valence-electron chi connectivity index (χ2n) is 7.10. The topological polar surface area (TPSA) is 78.7 Å². The van der Waals surface area contributed by atoms with E-state index in [1.165, 1.54) is 12.3 Å². The summed E-state index contributed by atoms with van der Waals surface area (Å²) in [5.74, 6) is -6.57. The summed E-state index contributed by atoms with van der Waals surface area (Å²) in [6.45, 7) is 0.684. The lowest BCUT2D eigenvalue weighted by Gasteiger charge is -2.16. The van der Waals surface area contributed by atoms with Gasteiger partial charge in [-0.2, -0.15) is 0 Å². The van der Waals surface area contributed by atoms with Gasteiger partial charge in [0.2, 0.25) is 5.95 Å². The van der Waals surface area contributed by atoms with Crippen LogP contribution < -0.4 is 5.32 Å². The maximum Gasteiger partial charge on any atom is 0.270 e. The van der Waals surface area contributed by atoms with Crippen molar-refractivity contribution in [2.75, 3.05) is 11.6 Å². The zero-order chi connectivity index (χ0) is 23.0. The molecule has 31 heavy (non-hydrogen) atoms. The fourth-order valence-electron chi connectivity index (χ4n) is 2.85. The molecule has 0 bridgehead atoms. The number of rotatable bonds is 6. The minimum atomic E-state index is -3.23. The van der Waals surface area contributed by atoms with Gasteiger partial charge in [0, 0.05) is 45.8 Å². The van der Waals surface area contributed by atoms with E-state index in [0.717, 1.165) is 30.5 Å². The van der Waals surface area contributed by atoms with E-state index in [2.05, 4.69) is 15.3 Å². The predicted octanol–water partition coefficient (Wildman–Crippen LogP) is 5.59. The van der Waals surface area contributed by atoms with Crippen LogP contribution in [0.3, 0.4) is 0 Å². The summed E-state index contributed by atoms with van der Waals surface area (Å²) in [7, 11) is -3.01. The average Bonchev–Trinajstić information content (AvgIpc) is 2.61. The molecule has 0 saturated heterocycles. The van der Waals surface area contributed by atoms with Gasteiger partial charge in [-0.25, -0.2) is 36.1 Å². The molecular formula is C20H17F5N4OS. The van der Waals surface area contributed by atoms with Crippen LogP contribution in [-0.4, -0.2) is 20.4 Å². The van der Waals surface area contributed by atoms with Crippen LogP contribution in [0.25, 0.3) is 11.3 Å². The third-order valence-electron chi connectivity index (χ3n) is 4.13. The molecule has 1 unspecified atom stereocenters. The standard InChI is InChI=1S/C20H17F5N4OS/c1-20(24,25)12-5-11(10-31(2,26)30)6-14(7-12)28-19-27-9-17(23)18(29-19)15-4-3-13(21)8-16(15)22/h3-9,26H,10H2,1-2H3,(H,27,28,29). The first-order chi connectivity index (χ1) is 14.3. The molecule has 0 radical (unpaired) electrons. The highest BCUT2D eigenvalue weighted by atomic mass is 32.2. The molecule has 2 N–H and O–H groups in total. The van der Waals surface area contributed by atoms with E-state index in [1.807, 2.05) is 0 Å². The monoisotopic (exact) mass is 456 g/mol. The van der Waals surface area contributed by atoms with Crippen molar-refractivity contribution in [1.82, 2.24) is 9.97 Å². The minimum absolute atomic E-state index is 0.0785. The molecule has 1 atom stereocenters. The lowest BCUT2D eigenvalue weighted by molar-refractivity contribution is 0.0174. The van der Waals surface area contributed by atoms with Gasteiger partial charge in [-0.05, 0) is 35.9 Å². The molecule has 0 aliphatic carbocycles. The molecule has 0 fully saturated rings. The molecule has 0 aliphatic rings. The number of benzene rings is 2. The molecule has 0 spiro atoms. The van der Waals surface area contributed by atoms with Gasteiger partial charge in [0.1, 0.15) is 17.3 Å². The molecule has 3 rings (SSSR count). The van der Waals surface area contributed by atoms with Crippen LogP contribution >= 0.6 is 0 Å². The summed E-state index contributed by atoms with van der Waals surface area (Å²) in [6, 6.07) is 6.17. The Kier molecular flexibility index (Phi) is 5.99. The highest BCUT2D eigenvalue weighted by Gasteiger charge is 2.26. The third kappa shape index (κ3) is 5.75. The maximum absolute atomic E-state index is 14.2. The van der Waals surface area contributed by atoms with Crippen LogP contribution in [0.4, 0.5) is 33.6 Å². The van der Waals surface area contributed by atoms with Crippen LogP contribution in [0.15, 0.2) is 42.6 Å². The minimum Gasteiger partial charge on any atom is -0.324 e. The van der Waals surface area contributed by atoms with E-state index in [9.17, 15) is 26.2 Å². The van der Waals surface area contributed by atoms with E-state index in [4.69, 9.17) is 4.78 Å². The Bertz CT molecular complexity index is 1240. The van der Waals surface area contributed by atoms with Gasteiger partial charge < -0.3 is 5.32 Å². The van der Waals surface area contributed by atoms with Gasteiger partial charge in [0.25, 0.3) is 5.92 Å². The average molecular weight is 456 g/mol. The van der Waals surface area contributed by atoms with Crippen molar-refractivity contribution in [3.05, 3.63) is 71.2 Å². The van der Waals surface area contributed by atoms with Crippen molar-refractivity contribution in [1.29, 1.82) is 4.78 Å². The fourth-order valence-corrected chi connectivity index (χ4v) is 3.65. The Morgan fingerprint density at radius 3 is 2.42 bits per heavy atom. The van der Waals surface area contributed by atoms with Crippen molar-refractivity contribution in [3.8, 4) is 11.3 Å². The van der Waals surface area contributed by atoms with Gasteiger partial charge in [-0.1, -0.05) is 0 Å². The molecule has 1 aromatic heterocycles. The summed E-state index contributed by atoms with van der Waals surface area (Å²) < 4.78 is 88.6. The number of aromatic nitrogens is 2. The second-order valence-corrected chi connectivity index (χ2v) is 9.39. The van der Waals surface area contributed by atoms with Gasteiger partial charge in [0.15, 0.2) is 5.82 Å². The molecule has 5 nitrogen and oxygen atoms in total. The molecule has 11 heteroatoms. The van der Waals surface area contributed by atoms with Crippen molar-refractivity contribution < 1.29 is 26.2 Å². The molecule has 0 aliphatic heterocycles. The SMILES string of the molecule is CC(F)(F)c1cc(CS(C)(=N)=O)cc(Nc2ncc(F)c(-c3ccc(F)cc3F)n2)c1. The molecular weight excluding hydrogens is 439 g/mol. The number of anilines is 2. The van der Waals surface area contributed by atoms with E-state index in [1.54, 1.807) is 0 Å². The highest BCUT2D eigenvalue weighted by Crippen LogP contribution is 2.32. The molecule has 1 heterocycles. The number of halogens is 5. The number of nitrogens with one attached hydrogen (secondary N) is 2. The first kappa shape index (κ1) is 22.6. The Labute approximate surface area is 175 Å². The summed E-state index contributed by atoms with van der Waals surface area (Å²) in [5, 5.41) is 2.64. The second kappa shape index (κ2) is 8.22. The van der Waals surface area contributed by atoms with Crippen molar-refractivity contribution in [3.63, 3.8) is 0 Å². The Morgan fingerprint density at radius 1 is 1.10 bits per heavy atom. The smallest absolute Gasteiger partial charge is 0.270 e. The zero-order valence-corrected chi connectivity index (χ0v) is 17.2. The van der Waals surface area contributed by atoms with Gasteiger partial charge in [-0.3, -0.25) is 4.78 Å². The number of alkyl halides is 2.